The number of nitrogens with one attached hydrogen (secondary N) is 1. The Morgan fingerprint density at radius 2 is 2.21 bits per heavy atom. The summed E-state index contributed by atoms with van der Waals surface area (Å²) in [5.41, 5.74) is -0.778. The van der Waals surface area contributed by atoms with Crippen LogP contribution in [0.4, 0.5) is 5.69 Å². The first-order valence-electron chi connectivity index (χ1n) is 5.91. The maximum absolute atomic E-state index is 11.8. The maximum Gasteiger partial charge on any atom is 0.330 e. The third-order valence-electron chi connectivity index (χ3n) is 3.13. The number of rotatable bonds is 3. The molecule has 0 unspecified atom stereocenters. The van der Waals surface area contributed by atoms with Crippen molar-refractivity contribution in [1.29, 1.82) is 0 Å². The zero-order valence-corrected chi connectivity index (χ0v) is 10.7. The molecule has 1 saturated heterocycles. The summed E-state index contributed by atoms with van der Waals surface area (Å²) >= 11 is 0. The highest BCUT2D eigenvalue weighted by Crippen LogP contribution is 2.27. The van der Waals surface area contributed by atoms with Gasteiger partial charge in [0.15, 0.2) is 0 Å². The molecule has 0 amide bonds. The Labute approximate surface area is 108 Å². The molecule has 1 aromatic rings. The molecule has 0 aromatic carbocycles. The molecule has 1 aromatic heterocycles. The van der Waals surface area contributed by atoms with E-state index in [9.17, 15) is 14.7 Å². The predicted molar refractivity (Wildman–Crippen MR) is 67.3 cm³/mol. The van der Waals surface area contributed by atoms with Crippen LogP contribution in [0.2, 0.25) is 0 Å². The van der Waals surface area contributed by atoms with Gasteiger partial charge in [-0.25, -0.2) is 4.79 Å². The van der Waals surface area contributed by atoms with Gasteiger partial charge in [0.1, 0.15) is 18.0 Å². The van der Waals surface area contributed by atoms with Gasteiger partial charge in [-0.1, -0.05) is 0 Å². The molecule has 1 aliphatic heterocycles. The van der Waals surface area contributed by atoms with Crippen LogP contribution >= 0.6 is 0 Å². The third kappa shape index (κ3) is 2.55. The molecular formula is C11H17N3O5. The fourth-order valence-corrected chi connectivity index (χ4v) is 2.06. The van der Waals surface area contributed by atoms with Crippen molar-refractivity contribution in [3.63, 3.8) is 0 Å². The molecule has 3 N–H and O–H groups in total. The number of hydrogen-bond donors (Lipinski definition) is 3. The van der Waals surface area contributed by atoms with Crippen molar-refractivity contribution in [2.45, 2.75) is 24.9 Å². The minimum atomic E-state index is -0.836. The number of anilines is 1. The Bertz CT molecular complexity index is 564. The molecule has 1 fully saturated rings. The average molecular weight is 271 g/mol. The first-order chi connectivity index (χ1) is 8.93. The van der Waals surface area contributed by atoms with Gasteiger partial charge in [-0.3, -0.25) is 14.3 Å². The Hall–Kier alpha value is -1.64. The van der Waals surface area contributed by atoms with Gasteiger partial charge in [0.25, 0.3) is 5.56 Å². The lowest BCUT2D eigenvalue weighted by Crippen LogP contribution is -2.35. The van der Waals surface area contributed by atoms with Crippen molar-refractivity contribution in [2.75, 3.05) is 25.6 Å². The molecule has 0 aliphatic carbocycles. The second-order valence-corrected chi connectivity index (χ2v) is 4.69. The molecule has 106 valence electrons. The summed E-state index contributed by atoms with van der Waals surface area (Å²) in [7, 11) is 3.36. The Kier molecular flexibility index (Phi) is 3.74. The quantitative estimate of drug-likeness (QED) is 0.601. The maximum atomic E-state index is 11.8. The summed E-state index contributed by atoms with van der Waals surface area (Å²) in [5.74, 6) is 0. The van der Waals surface area contributed by atoms with E-state index in [1.807, 2.05) is 0 Å². The fourth-order valence-electron chi connectivity index (χ4n) is 2.06. The van der Waals surface area contributed by atoms with E-state index in [4.69, 9.17) is 9.84 Å². The summed E-state index contributed by atoms with van der Waals surface area (Å²) in [4.78, 5) is 27.1. The lowest BCUT2D eigenvalue weighted by Gasteiger charge is -2.17. The van der Waals surface area contributed by atoms with Crippen LogP contribution in [0.25, 0.3) is 0 Å². The molecule has 0 radical (unpaired) electrons. The molecule has 0 saturated carbocycles. The standard InChI is InChI=1S/C11H17N3O5/c1-13(2)6-4-14(11(18)12-10(6)17)9-3-7(16)8(5-15)19-9/h4,7-9,15-16H,3,5H2,1-2H3,(H,12,17,18)/t7-,8+,9-/m1/s1. The number of aliphatic hydroxyl groups is 2. The minimum Gasteiger partial charge on any atom is -0.394 e. The van der Waals surface area contributed by atoms with Crippen LogP contribution in [-0.4, -0.2) is 52.7 Å². The number of aromatic nitrogens is 2. The third-order valence-corrected chi connectivity index (χ3v) is 3.13. The zero-order chi connectivity index (χ0) is 14.2. The topological polar surface area (TPSA) is 108 Å². The van der Waals surface area contributed by atoms with Gasteiger partial charge < -0.3 is 19.8 Å². The minimum absolute atomic E-state index is 0.185. The number of ether oxygens (including phenoxy) is 1. The van der Waals surface area contributed by atoms with Crippen molar-refractivity contribution in [3.05, 3.63) is 27.0 Å². The van der Waals surface area contributed by atoms with Crippen LogP contribution < -0.4 is 16.1 Å². The van der Waals surface area contributed by atoms with Crippen molar-refractivity contribution < 1.29 is 14.9 Å². The summed E-state index contributed by atoms with van der Waals surface area (Å²) < 4.78 is 6.60. The Morgan fingerprint density at radius 3 is 2.74 bits per heavy atom. The highest BCUT2D eigenvalue weighted by Gasteiger charge is 2.35. The van der Waals surface area contributed by atoms with E-state index < -0.39 is 29.7 Å². The smallest absolute Gasteiger partial charge is 0.330 e. The van der Waals surface area contributed by atoms with E-state index in [1.165, 1.54) is 10.8 Å². The number of aliphatic hydroxyl groups excluding tert-OH is 2. The SMILES string of the molecule is CN(C)c1cn([C@H]2C[C@@H](O)[C@H](CO)O2)c(=O)[nH]c1=O. The summed E-state index contributed by atoms with van der Waals surface area (Å²) in [6, 6.07) is 0. The highest BCUT2D eigenvalue weighted by molar-refractivity contribution is 5.39. The second-order valence-electron chi connectivity index (χ2n) is 4.69. The molecular weight excluding hydrogens is 254 g/mol. The Morgan fingerprint density at radius 1 is 1.53 bits per heavy atom. The molecule has 1 aliphatic rings. The van der Waals surface area contributed by atoms with Gasteiger partial charge in [0.05, 0.1) is 12.7 Å². The Balaban J connectivity index is 2.38. The van der Waals surface area contributed by atoms with E-state index in [2.05, 4.69) is 4.98 Å². The van der Waals surface area contributed by atoms with Crippen molar-refractivity contribution in [2.24, 2.45) is 0 Å². The molecule has 2 rings (SSSR count). The number of hydrogen-bond acceptors (Lipinski definition) is 6. The van der Waals surface area contributed by atoms with Crippen LogP contribution in [0.5, 0.6) is 0 Å². The first-order valence-corrected chi connectivity index (χ1v) is 5.91. The lowest BCUT2D eigenvalue weighted by atomic mass is 10.2. The van der Waals surface area contributed by atoms with Crippen LogP contribution in [0.3, 0.4) is 0 Å². The van der Waals surface area contributed by atoms with Gasteiger partial charge in [-0.15, -0.1) is 0 Å². The number of H-pyrrole nitrogens is 1. The molecule has 8 nitrogen and oxygen atoms in total. The van der Waals surface area contributed by atoms with E-state index in [-0.39, 0.29) is 13.0 Å². The summed E-state index contributed by atoms with van der Waals surface area (Å²) in [6.07, 6.45) is -0.680. The van der Waals surface area contributed by atoms with Crippen LogP contribution in [0.1, 0.15) is 12.6 Å². The average Bonchev–Trinajstić information content (AvgIpc) is 2.69. The van der Waals surface area contributed by atoms with Gasteiger partial charge in [0, 0.05) is 26.7 Å². The van der Waals surface area contributed by atoms with Gasteiger partial charge in [-0.05, 0) is 0 Å². The zero-order valence-electron chi connectivity index (χ0n) is 10.7. The largest absolute Gasteiger partial charge is 0.394 e. The molecule has 8 heteroatoms. The lowest BCUT2D eigenvalue weighted by molar-refractivity contribution is -0.0458. The van der Waals surface area contributed by atoms with E-state index in [0.717, 1.165) is 0 Å². The van der Waals surface area contributed by atoms with Crippen LogP contribution in [-0.2, 0) is 4.74 Å². The molecule has 3 atom stereocenters. The number of nitrogens with zero attached hydrogens (tertiary/aromatic N) is 2. The fraction of sp³-hybridized carbons (Fsp3) is 0.636. The predicted octanol–water partition coefficient (Wildman–Crippen LogP) is -1.76. The van der Waals surface area contributed by atoms with Crippen LogP contribution in [0, 0.1) is 0 Å². The number of aromatic amines is 1. The van der Waals surface area contributed by atoms with Crippen LogP contribution in [0.15, 0.2) is 15.8 Å². The second kappa shape index (κ2) is 5.16. The van der Waals surface area contributed by atoms with E-state index in [0.29, 0.717) is 5.69 Å². The van der Waals surface area contributed by atoms with Crippen molar-refractivity contribution >= 4 is 5.69 Å². The van der Waals surface area contributed by atoms with Crippen molar-refractivity contribution in [1.82, 2.24) is 9.55 Å². The van der Waals surface area contributed by atoms with Crippen molar-refractivity contribution in [3.8, 4) is 0 Å². The van der Waals surface area contributed by atoms with Gasteiger partial charge in [-0.2, -0.15) is 0 Å². The highest BCUT2D eigenvalue weighted by atomic mass is 16.5. The molecule has 0 spiro atoms. The monoisotopic (exact) mass is 271 g/mol. The van der Waals surface area contributed by atoms with Gasteiger partial charge in [0.2, 0.25) is 0 Å². The van der Waals surface area contributed by atoms with E-state index in [1.54, 1.807) is 19.0 Å². The summed E-state index contributed by atoms with van der Waals surface area (Å²) in [6.45, 7) is -0.323. The molecule has 2 heterocycles. The molecule has 0 bridgehead atoms. The first kappa shape index (κ1) is 13.8. The van der Waals surface area contributed by atoms with Gasteiger partial charge >= 0.3 is 5.69 Å². The van der Waals surface area contributed by atoms with E-state index >= 15 is 0 Å². The molecule has 19 heavy (non-hydrogen) atoms. The normalized spacial score (nSPS) is 26.6. The summed E-state index contributed by atoms with van der Waals surface area (Å²) in [5, 5.41) is 18.7.